The minimum Gasteiger partial charge on any atom is -0.512 e. The van der Waals surface area contributed by atoms with E-state index in [-0.39, 0.29) is 22.8 Å². The van der Waals surface area contributed by atoms with Crippen LogP contribution >= 0.6 is 0 Å². The Balaban J connectivity index is 2.59. The van der Waals surface area contributed by atoms with Gasteiger partial charge >= 0.3 is 0 Å². The Kier molecular flexibility index (Phi) is 2.83. The zero-order chi connectivity index (χ0) is 13.5. The van der Waals surface area contributed by atoms with Crippen molar-refractivity contribution in [3.63, 3.8) is 0 Å². The molecule has 0 spiro atoms. The molecule has 2 atom stereocenters. The Hall–Kier alpha value is -1.94. The summed E-state index contributed by atoms with van der Waals surface area (Å²) in [7, 11) is 0. The van der Waals surface area contributed by atoms with Crippen LogP contribution in [0.25, 0.3) is 0 Å². The lowest BCUT2D eigenvalue weighted by molar-refractivity contribution is 0.0259. The maximum Gasteiger partial charge on any atom is 0.128 e. The van der Waals surface area contributed by atoms with Gasteiger partial charge in [0.1, 0.15) is 17.1 Å². The molecule has 1 aliphatic rings. The molecule has 0 aliphatic heterocycles. The van der Waals surface area contributed by atoms with E-state index in [4.69, 9.17) is 0 Å². The first-order chi connectivity index (χ1) is 8.38. The van der Waals surface area contributed by atoms with Gasteiger partial charge in [-0.2, -0.15) is 0 Å². The summed E-state index contributed by atoms with van der Waals surface area (Å²) >= 11 is 0. The molecule has 0 aromatic heterocycles. The van der Waals surface area contributed by atoms with Crippen molar-refractivity contribution in [1.82, 2.24) is 0 Å². The van der Waals surface area contributed by atoms with Crippen LogP contribution in [-0.4, -0.2) is 20.4 Å². The van der Waals surface area contributed by atoms with E-state index in [0.29, 0.717) is 5.56 Å². The monoisotopic (exact) mass is 248 g/mol. The molecule has 0 saturated carbocycles. The molecule has 0 radical (unpaired) electrons. The Bertz CT molecular complexity index is 545. The standard InChI is InChI=1S/C14H16O4/c1-8-11(15)6-5-10(13(8)17)14(18)7-3-4-12(16)9(14)2/h3-7,9,15-18H,1-2H3. The summed E-state index contributed by atoms with van der Waals surface area (Å²) in [6, 6.07) is 2.87. The molecule has 0 heterocycles. The second kappa shape index (κ2) is 4.07. The van der Waals surface area contributed by atoms with E-state index < -0.39 is 11.5 Å². The van der Waals surface area contributed by atoms with E-state index in [1.807, 2.05) is 0 Å². The minimum atomic E-state index is -1.48. The summed E-state index contributed by atoms with van der Waals surface area (Å²) in [4.78, 5) is 0. The number of benzene rings is 1. The topological polar surface area (TPSA) is 80.9 Å². The van der Waals surface area contributed by atoms with Gasteiger partial charge in [0.2, 0.25) is 0 Å². The zero-order valence-corrected chi connectivity index (χ0v) is 10.3. The summed E-state index contributed by atoms with van der Waals surface area (Å²) in [5.41, 5.74) is -0.918. The van der Waals surface area contributed by atoms with Gasteiger partial charge in [0.15, 0.2) is 0 Å². The molecular weight excluding hydrogens is 232 g/mol. The average Bonchev–Trinajstić information content (AvgIpc) is 2.33. The van der Waals surface area contributed by atoms with Crippen molar-refractivity contribution in [3.8, 4) is 11.5 Å². The Morgan fingerprint density at radius 1 is 1.17 bits per heavy atom. The van der Waals surface area contributed by atoms with Crippen molar-refractivity contribution < 1.29 is 20.4 Å². The molecule has 96 valence electrons. The third kappa shape index (κ3) is 1.66. The Morgan fingerprint density at radius 2 is 1.83 bits per heavy atom. The molecule has 0 saturated heterocycles. The lowest BCUT2D eigenvalue weighted by Gasteiger charge is -2.34. The lowest BCUT2D eigenvalue weighted by atomic mass is 9.77. The van der Waals surface area contributed by atoms with Crippen molar-refractivity contribution in [2.75, 3.05) is 0 Å². The quantitative estimate of drug-likeness (QED) is 0.614. The summed E-state index contributed by atoms with van der Waals surface area (Å²) < 4.78 is 0. The SMILES string of the molecule is Cc1c(O)ccc(C2(O)C=CC=C(O)C2C)c1O. The highest BCUT2D eigenvalue weighted by Crippen LogP contribution is 2.43. The smallest absolute Gasteiger partial charge is 0.128 e. The number of phenolic OH excluding ortho intramolecular Hbond substituents is 2. The summed E-state index contributed by atoms with van der Waals surface area (Å²) in [6.45, 7) is 3.22. The van der Waals surface area contributed by atoms with Gasteiger partial charge in [0, 0.05) is 11.1 Å². The highest BCUT2D eigenvalue weighted by molar-refractivity contribution is 5.52. The van der Waals surface area contributed by atoms with Crippen LogP contribution in [0.15, 0.2) is 36.1 Å². The van der Waals surface area contributed by atoms with Gasteiger partial charge in [-0.25, -0.2) is 0 Å². The van der Waals surface area contributed by atoms with Crippen molar-refractivity contribution >= 4 is 0 Å². The fourth-order valence-electron chi connectivity index (χ4n) is 2.14. The van der Waals surface area contributed by atoms with Crippen molar-refractivity contribution in [2.24, 2.45) is 5.92 Å². The van der Waals surface area contributed by atoms with Crippen LogP contribution in [0.4, 0.5) is 0 Å². The highest BCUT2D eigenvalue weighted by Gasteiger charge is 2.39. The van der Waals surface area contributed by atoms with Crippen molar-refractivity contribution in [1.29, 1.82) is 0 Å². The molecule has 0 fully saturated rings. The van der Waals surface area contributed by atoms with Crippen molar-refractivity contribution in [3.05, 3.63) is 47.2 Å². The zero-order valence-electron chi connectivity index (χ0n) is 10.3. The largest absolute Gasteiger partial charge is 0.512 e. The number of hydrogen-bond donors (Lipinski definition) is 4. The van der Waals surface area contributed by atoms with Gasteiger partial charge in [0.05, 0.1) is 11.7 Å². The second-order valence-electron chi connectivity index (χ2n) is 4.60. The van der Waals surface area contributed by atoms with Gasteiger partial charge in [0.25, 0.3) is 0 Å². The normalized spacial score (nSPS) is 27.1. The first kappa shape index (κ1) is 12.5. The van der Waals surface area contributed by atoms with E-state index in [9.17, 15) is 20.4 Å². The molecule has 18 heavy (non-hydrogen) atoms. The highest BCUT2D eigenvalue weighted by atomic mass is 16.3. The van der Waals surface area contributed by atoms with Crippen LogP contribution in [0.1, 0.15) is 18.1 Å². The van der Waals surface area contributed by atoms with Crippen LogP contribution in [0.3, 0.4) is 0 Å². The first-order valence-corrected chi connectivity index (χ1v) is 5.70. The predicted molar refractivity (Wildman–Crippen MR) is 67.4 cm³/mol. The molecule has 1 aliphatic carbocycles. The summed E-state index contributed by atoms with van der Waals surface area (Å²) in [6.07, 6.45) is 4.56. The van der Waals surface area contributed by atoms with Crippen LogP contribution in [0, 0.1) is 12.8 Å². The summed E-state index contributed by atoms with van der Waals surface area (Å²) in [5.74, 6) is -0.724. The molecule has 4 nitrogen and oxygen atoms in total. The number of aliphatic hydroxyl groups is 2. The third-order valence-electron chi connectivity index (χ3n) is 3.55. The number of phenols is 2. The fraction of sp³-hybridized carbons (Fsp3) is 0.286. The molecule has 1 aromatic rings. The van der Waals surface area contributed by atoms with Gasteiger partial charge in [-0.05, 0) is 31.2 Å². The molecule has 2 unspecified atom stereocenters. The lowest BCUT2D eigenvalue weighted by Crippen LogP contribution is -2.34. The number of rotatable bonds is 1. The first-order valence-electron chi connectivity index (χ1n) is 5.70. The third-order valence-corrected chi connectivity index (χ3v) is 3.55. The molecule has 1 aromatic carbocycles. The number of aliphatic hydroxyl groups excluding tert-OH is 1. The summed E-state index contributed by atoms with van der Waals surface area (Å²) in [5, 5.41) is 39.9. The van der Waals surface area contributed by atoms with Crippen molar-refractivity contribution in [2.45, 2.75) is 19.4 Å². The van der Waals surface area contributed by atoms with Crippen LogP contribution < -0.4 is 0 Å². The van der Waals surface area contributed by atoms with E-state index in [1.165, 1.54) is 30.4 Å². The molecule has 2 rings (SSSR count). The van der Waals surface area contributed by atoms with E-state index in [2.05, 4.69) is 0 Å². The second-order valence-corrected chi connectivity index (χ2v) is 4.60. The molecule has 4 N–H and O–H groups in total. The number of hydrogen-bond acceptors (Lipinski definition) is 4. The molecule has 0 amide bonds. The molecule has 0 bridgehead atoms. The van der Waals surface area contributed by atoms with E-state index in [1.54, 1.807) is 13.8 Å². The maximum atomic E-state index is 10.6. The molecular formula is C14H16O4. The fourth-order valence-corrected chi connectivity index (χ4v) is 2.14. The number of allylic oxidation sites excluding steroid dienone is 2. The number of aromatic hydroxyl groups is 2. The van der Waals surface area contributed by atoms with Crippen LogP contribution in [-0.2, 0) is 5.60 Å². The minimum absolute atomic E-state index is 0.0351. The van der Waals surface area contributed by atoms with Gasteiger partial charge in [-0.15, -0.1) is 0 Å². The van der Waals surface area contributed by atoms with Gasteiger partial charge in [-0.3, -0.25) is 0 Å². The van der Waals surface area contributed by atoms with Crippen LogP contribution in [0.5, 0.6) is 11.5 Å². The van der Waals surface area contributed by atoms with Gasteiger partial charge < -0.3 is 20.4 Å². The van der Waals surface area contributed by atoms with E-state index in [0.717, 1.165) is 0 Å². The average molecular weight is 248 g/mol. The van der Waals surface area contributed by atoms with Crippen LogP contribution in [0.2, 0.25) is 0 Å². The maximum absolute atomic E-state index is 10.6. The van der Waals surface area contributed by atoms with Gasteiger partial charge in [-0.1, -0.05) is 13.0 Å². The predicted octanol–water partition coefficient (Wildman–Crippen LogP) is 2.24. The molecule has 4 heteroatoms. The Labute approximate surface area is 105 Å². The van der Waals surface area contributed by atoms with E-state index >= 15 is 0 Å². The Morgan fingerprint density at radius 3 is 2.50 bits per heavy atom.